The van der Waals surface area contributed by atoms with Crippen molar-refractivity contribution in [3.8, 4) is 17.1 Å². The Balaban J connectivity index is 1.67. The number of hydrogen-bond acceptors (Lipinski definition) is 6. The molecular weight excluding hydrogens is 347 g/mol. The number of ether oxygens (including phenoxy) is 1. The molecule has 0 aromatic carbocycles. The number of alkyl halides is 1. The van der Waals surface area contributed by atoms with Crippen LogP contribution in [0.4, 0.5) is 4.39 Å². The summed E-state index contributed by atoms with van der Waals surface area (Å²) in [5, 5.41) is 7.45. The topological polar surface area (TPSA) is 77.8 Å². The van der Waals surface area contributed by atoms with Crippen molar-refractivity contribution in [3.63, 3.8) is 0 Å². The lowest BCUT2D eigenvalue weighted by molar-refractivity contribution is 0.0580. The Morgan fingerprint density at radius 1 is 1.33 bits per heavy atom. The summed E-state index contributed by atoms with van der Waals surface area (Å²) in [6, 6.07) is 2.10. The summed E-state index contributed by atoms with van der Waals surface area (Å²) in [7, 11) is 0. The van der Waals surface area contributed by atoms with E-state index in [1.807, 2.05) is 16.9 Å². The average Bonchev–Trinajstić information content (AvgIpc) is 3.17. The highest BCUT2D eigenvalue weighted by Gasteiger charge is 2.33. The van der Waals surface area contributed by atoms with Crippen molar-refractivity contribution in [2.24, 2.45) is 0 Å². The summed E-state index contributed by atoms with van der Waals surface area (Å²) < 4.78 is 22.6. The Kier molecular flexibility index (Phi) is 4.73. The van der Waals surface area contributed by atoms with E-state index < -0.39 is 5.67 Å². The van der Waals surface area contributed by atoms with Gasteiger partial charge >= 0.3 is 0 Å². The van der Waals surface area contributed by atoms with Crippen LogP contribution in [0.5, 0.6) is 5.88 Å². The van der Waals surface area contributed by atoms with Crippen LogP contribution in [0.15, 0.2) is 30.9 Å². The zero-order chi connectivity index (χ0) is 18.9. The van der Waals surface area contributed by atoms with E-state index in [1.165, 1.54) is 0 Å². The predicted octanol–water partition coefficient (Wildman–Crippen LogP) is 2.94. The van der Waals surface area contributed by atoms with Crippen molar-refractivity contribution in [3.05, 3.63) is 30.9 Å². The van der Waals surface area contributed by atoms with Crippen molar-refractivity contribution < 1.29 is 9.13 Å². The molecule has 1 N–H and O–H groups in total. The molecule has 7 nitrogen and oxygen atoms in total. The molecule has 1 aliphatic heterocycles. The van der Waals surface area contributed by atoms with E-state index >= 15 is 0 Å². The van der Waals surface area contributed by atoms with E-state index in [-0.39, 0.29) is 19.2 Å². The number of aromatic nitrogens is 5. The van der Waals surface area contributed by atoms with Crippen molar-refractivity contribution in [1.82, 2.24) is 30.0 Å². The summed E-state index contributed by atoms with van der Waals surface area (Å²) in [5.74, 6) is 0.301. The molecule has 142 valence electrons. The van der Waals surface area contributed by atoms with Gasteiger partial charge in [-0.1, -0.05) is 0 Å². The Labute approximate surface area is 157 Å². The van der Waals surface area contributed by atoms with Crippen LogP contribution in [0.3, 0.4) is 0 Å². The third kappa shape index (κ3) is 3.75. The number of rotatable bonds is 5. The van der Waals surface area contributed by atoms with E-state index in [2.05, 4.69) is 39.2 Å². The van der Waals surface area contributed by atoms with Gasteiger partial charge in [0, 0.05) is 36.7 Å². The second-order valence-corrected chi connectivity index (χ2v) is 7.26. The van der Waals surface area contributed by atoms with Gasteiger partial charge in [-0.05, 0) is 39.3 Å². The highest BCUT2D eigenvalue weighted by Crippen LogP contribution is 2.29. The number of hydrogen-bond donors (Lipinski definition) is 1. The smallest absolute Gasteiger partial charge is 0.242 e. The van der Waals surface area contributed by atoms with Crippen LogP contribution >= 0.6 is 0 Å². The minimum absolute atomic E-state index is 0.0621. The van der Waals surface area contributed by atoms with Crippen molar-refractivity contribution >= 4 is 11.0 Å². The fraction of sp³-hybridized carbons (Fsp3) is 0.474. The molecule has 1 aliphatic rings. The van der Waals surface area contributed by atoms with Gasteiger partial charge in [-0.2, -0.15) is 5.10 Å². The molecule has 4 heterocycles. The van der Waals surface area contributed by atoms with Crippen LogP contribution in [-0.4, -0.2) is 50.1 Å². The molecule has 0 spiro atoms. The van der Waals surface area contributed by atoms with Gasteiger partial charge in [0.15, 0.2) is 11.2 Å². The van der Waals surface area contributed by atoms with Gasteiger partial charge in [-0.15, -0.1) is 0 Å². The lowest BCUT2D eigenvalue weighted by Crippen LogP contribution is -2.46. The van der Waals surface area contributed by atoms with Gasteiger partial charge in [-0.25, -0.2) is 14.4 Å². The zero-order valence-electron chi connectivity index (χ0n) is 15.5. The predicted molar refractivity (Wildman–Crippen MR) is 100 cm³/mol. The van der Waals surface area contributed by atoms with Gasteiger partial charge < -0.3 is 10.1 Å². The number of nitrogens with one attached hydrogen (secondary N) is 1. The lowest BCUT2D eigenvalue weighted by Gasteiger charge is -2.29. The SMILES string of the molecule is CC(C)n1cc(-c2cc3nccnc3c(OCC3(F)CCCNC3)n2)cn1. The minimum Gasteiger partial charge on any atom is -0.473 e. The first-order chi connectivity index (χ1) is 13.0. The maximum atomic E-state index is 14.9. The Hall–Kier alpha value is -2.61. The van der Waals surface area contributed by atoms with E-state index in [1.54, 1.807) is 18.6 Å². The molecule has 1 saturated heterocycles. The third-order valence-electron chi connectivity index (χ3n) is 4.74. The van der Waals surface area contributed by atoms with Crippen molar-refractivity contribution in [2.75, 3.05) is 19.7 Å². The summed E-state index contributed by atoms with van der Waals surface area (Å²) >= 11 is 0. The quantitative estimate of drug-likeness (QED) is 0.744. The van der Waals surface area contributed by atoms with Gasteiger partial charge in [-0.3, -0.25) is 9.67 Å². The fourth-order valence-corrected chi connectivity index (χ4v) is 3.20. The molecule has 0 bridgehead atoms. The maximum absolute atomic E-state index is 14.9. The molecule has 27 heavy (non-hydrogen) atoms. The van der Waals surface area contributed by atoms with Crippen LogP contribution in [0.1, 0.15) is 32.7 Å². The van der Waals surface area contributed by atoms with Gasteiger partial charge in [0.2, 0.25) is 5.88 Å². The summed E-state index contributed by atoms with van der Waals surface area (Å²) in [6.07, 6.45) is 8.17. The molecule has 1 unspecified atom stereocenters. The molecule has 0 radical (unpaired) electrons. The molecule has 3 aromatic heterocycles. The van der Waals surface area contributed by atoms with Gasteiger partial charge in [0.25, 0.3) is 0 Å². The van der Waals surface area contributed by atoms with Crippen molar-refractivity contribution in [1.29, 1.82) is 0 Å². The van der Waals surface area contributed by atoms with Crippen LogP contribution < -0.4 is 10.1 Å². The van der Waals surface area contributed by atoms with Gasteiger partial charge in [0.05, 0.1) is 17.4 Å². The largest absolute Gasteiger partial charge is 0.473 e. The lowest BCUT2D eigenvalue weighted by atomic mass is 9.97. The van der Waals surface area contributed by atoms with Crippen LogP contribution in [0.2, 0.25) is 0 Å². The molecule has 0 amide bonds. The Bertz CT molecular complexity index is 935. The number of fused-ring (bicyclic) bond motifs is 1. The maximum Gasteiger partial charge on any atom is 0.242 e. The molecule has 0 aliphatic carbocycles. The number of piperidine rings is 1. The molecular formula is C19H23FN6O. The number of nitrogens with zero attached hydrogens (tertiary/aromatic N) is 5. The Morgan fingerprint density at radius 3 is 2.93 bits per heavy atom. The van der Waals surface area contributed by atoms with E-state index in [4.69, 9.17) is 4.74 Å². The van der Waals surface area contributed by atoms with Crippen LogP contribution in [0.25, 0.3) is 22.3 Å². The number of halogens is 1. The van der Waals surface area contributed by atoms with E-state index in [9.17, 15) is 4.39 Å². The van der Waals surface area contributed by atoms with Crippen molar-refractivity contribution in [2.45, 2.75) is 38.4 Å². The first-order valence-corrected chi connectivity index (χ1v) is 9.23. The minimum atomic E-state index is -1.40. The third-order valence-corrected chi connectivity index (χ3v) is 4.74. The van der Waals surface area contributed by atoms with Crippen LogP contribution in [-0.2, 0) is 0 Å². The Morgan fingerprint density at radius 2 is 2.19 bits per heavy atom. The zero-order valence-corrected chi connectivity index (χ0v) is 15.5. The first kappa shape index (κ1) is 17.8. The average molecular weight is 370 g/mol. The summed E-state index contributed by atoms with van der Waals surface area (Å²) in [5.41, 5.74) is 1.33. The second-order valence-electron chi connectivity index (χ2n) is 7.26. The van der Waals surface area contributed by atoms with E-state index in [0.29, 0.717) is 29.0 Å². The van der Waals surface area contributed by atoms with Gasteiger partial charge in [0.1, 0.15) is 6.61 Å². The standard InChI is InChI=1S/C19H23FN6O/c1-13(2)26-10-14(9-24-26)15-8-16-17(23-7-6-22-16)18(25-15)27-12-19(20)4-3-5-21-11-19/h6-10,13,21H,3-5,11-12H2,1-2H3. The highest BCUT2D eigenvalue weighted by molar-refractivity contribution is 5.83. The fourth-order valence-electron chi connectivity index (χ4n) is 3.20. The highest BCUT2D eigenvalue weighted by atomic mass is 19.1. The van der Waals surface area contributed by atoms with E-state index in [0.717, 1.165) is 18.5 Å². The molecule has 1 fully saturated rings. The monoisotopic (exact) mass is 370 g/mol. The molecule has 4 rings (SSSR count). The molecule has 0 saturated carbocycles. The summed E-state index contributed by atoms with van der Waals surface area (Å²) in [6.45, 7) is 5.19. The first-order valence-electron chi connectivity index (χ1n) is 9.23. The van der Waals surface area contributed by atoms with Crippen LogP contribution in [0, 0.1) is 0 Å². The molecule has 1 atom stereocenters. The normalized spacial score (nSPS) is 20.3. The summed E-state index contributed by atoms with van der Waals surface area (Å²) in [4.78, 5) is 13.3. The molecule has 8 heteroatoms. The second kappa shape index (κ2) is 7.19. The molecule has 3 aromatic rings. The number of pyridine rings is 1.